The normalized spacial score (nSPS) is 18.5. The summed E-state index contributed by atoms with van der Waals surface area (Å²) in [5, 5.41) is 3.68. The average molecular weight is 463 g/mol. The van der Waals surface area contributed by atoms with Crippen LogP contribution in [0.4, 0.5) is 0 Å². The van der Waals surface area contributed by atoms with Crippen molar-refractivity contribution in [3.05, 3.63) is 69.2 Å². The number of carbonyl (C=O) groups excluding carboxylic acids is 1. The second-order valence-electron chi connectivity index (χ2n) is 8.60. The zero-order chi connectivity index (χ0) is 22.8. The second kappa shape index (κ2) is 9.72. The standard InChI is InChI=1S/C24H31ClN2O3S/c1-16-12-18(3)23(13-17(16)2)19(4)26-24(28)21-6-5-11-27(14-21)31(29,30)15-20-7-9-22(25)10-8-20/h7-10,12-13,19,21H,5-6,11,14-15H2,1-4H3,(H,26,28). The molecule has 0 bridgehead atoms. The molecule has 168 valence electrons. The van der Waals surface area contributed by atoms with E-state index in [9.17, 15) is 13.2 Å². The predicted molar refractivity (Wildman–Crippen MR) is 126 cm³/mol. The van der Waals surface area contributed by atoms with E-state index < -0.39 is 10.0 Å². The Labute approximate surface area is 190 Å². The van der Waals surface area contributed by atoms with Crippen molar-refractivity contribution in [1.82, 2.24) is 9.62 Å². The summed E-state index contributed by atoms with van der Waals surface area (Å²) in [6.07, 6.45) is 1.37. The number of nitrogens with one attached hydrogen (secondary N) is 1. The van der Waals surface area contributed by atoms with Crippen molar-refractivity contribution < 1.29 is 13.2 Å². The molecule has 5 nitrogen and oxygen atoms in total. The van der Waals surface area contributed by atoms with Gasteiger partial charge in [-0.2, -0.15) is 0 Å². The van der Waals surface area contributed by atoms with Gasteiger partial charge in [0.15, 0.2) is 0 Å². The van der Waals surface area contributed by atoms with Crippen molar-refractivity contribution in [2.24, 2.45) is 5.92 Å². The maximum atomic E-state index is 13.0. The van der Waals surface area contributed by atoms with Crippen LogP contribution >= 0.6 is 11.6 Å². The predicted octanol–water partition coefficient (Wildman–Crippen LogP) is 4.68. The molecule has 1 aliphatic heterocycles. The minimum atomic E-state index is -3.50. The molecule has 1 saturated heterocycles. The van der Waals surface area contributed by atoms with E-state index in [0.29, 0.717) is 30.0 Å². The summed E-state index contributed by atoms with van der Waals surface area (Å²) in [6.45, 7) is 8.85. The fraction of sp³-hybridized carbons (Fsp3) is 0.458. The van der Waals surface area contributed by atoms with E-state index in [2.05, 4.69) is 38.2 Å². The fourth-order valence-electron chi connectivity index (χ4n) is 4.15. The Morgan fingerprint density at radius 2 is 1.77 bits per heavy atom. The van der Waals surface area contributed by atoms with Gasteiger partial charge in [0.25, 0.3) is 0 Å². The van der Waals surface area contributed by atoms with Crippen LogP contribution in [-0.4, -0.2) is 31.7 Å². The molecule has 31 heavy (non-hydrogen) atoms. The van der Waals surface area contributed by atoms with Crippen LogP contribution in [0.15, 0.2) is 36.4 Å². The van der Waals surface area contributed by atoms with Crippen molar-refractivity contribution in [3.63, 3.8) is 0 Å². The van der Waals surface area contributed by atoms with E-state index >= 15 is 0 Å². The van der Waals surface area contributed by atoms with Crippen LogP contribution in [0, 0.1) is 26.7 Å². The number of benzene rings is 2. The molecule has 3 rings (SSSR count). The van der Waals surface area contributed by atoms with Gasteiger partial charge in [0.05, 0.1) is 17.7 Å². The smallest absolute Gasteiger partial charge is 0.224 e. The van der Waals surface area contributed by atoms with E-state index in [1.54, 1.807) is 24.3 Å². The molecule has 2 aromatic carbocycles. The summed E-state index contributed by atoms with van der Waals surface area (Å²) >= 11 is 5.89. The number of sulfonamides is 1. The lowest BCUT2D eigenvalue weighted by molar-refractivity contribution is -0.126. The number of hydrogen-bond acceptors (Lipinski definition) is 3. The van der Waals surface area contributed by atoms with Gasteiger partial charge in [-0.25, -0.2) is 12.7 Å². The average Bonchev–Trinajstić information content (AvgIpc) is 2.72. The third-order valence-corrected chi connectivity index (χ3v) is 8.19. The Morgan fingerprint density at radius 1 is 1.13 bits per heavy atom. The van der Waals surface area contributed by atoms with E-state index in [-0.39, 0.29) is 30.2 Å². The SMILES string of the molecule is Cc1cc(C)c(C(C)NC(=O)C2CCCN(S(=O)(=O)Cc3ccc(Cl)cc3)C2)cc1C. The van der Waals surface area contributed by atoms with Gasteiger partial charge in [0.2, 0.25) is 15.9 Å². The van der Waals surface area contributed by atoms with Gasteiger partial charge >= 0.3 is 0 Å². The molecule has 1 aliphatic rings. The number of nitrogens with zero attached hydrogens (tertiary/aromatic N) is 1. The highest BCUT2D eigenvalue weighted by molar-refractivity contribution is 7.88. The zero-order valence-corrected chi connectivity index (χ0v) is 20.2. The molecule has 0 radical (unpaired) electrons. The summed E-state index contributed by atoms with van der Waals surface area (Å²) in [5.74, 6) is -0.518. The molecule has 0 aromatic heterocycles. The molecule has 2 unspecified atom stereocenters. The molecular formula is C24H31ClN2O3S. The third-order valence-electron chi connectivity index (χ3n) is 6.12. The zero-order valence-electron chi connectivity index (χ0n) is 18.6. The van der Waals surface area contributed by atoms with Gasteiger partial charge in [-0.1, -0.05) is 35.9 Å². The largest absolute Gasteiger partial charge is 0.349 e. The lowest BCUT2D eigenvalue weighted by Crippen LogP contribution is -2.46. The monoisotopic (exact) mass is 462 g/mol. The molecule has 1 fully saturated rings. The molecule has 1 heterocycles. The molecule has 1 N–H and O–H groups in total. The third kappa shape index (κ3) is 5.88. The van der Waals surface area contributed by atoms with E-state index in [1.165, 1.54) is 15.4 Å². The first kappa shape index (κ1) is 23.8. The Hall–Kier alpha value is -1.89. The second-order valence-corrected chi connectivity index (χ2v) is 11.0. The highest BCUT2D eigenvalue weighted by atomic mass is 35.5. The molecule has 2 aromatic rings. The minimum absolute atomic E-state index is 0.0866. The quantitative estimate of drug-likeness (QED) is 0.677. The van der Waals surface area contributed by atoms with Gasteiger partial charge in [-0.3, -0.25) is 4.79 Å². The summed E-state index contributed by atoms with van der Waals surface area (Å²) in [6, 6.07) is 11.0. The van der Waals surface area contributed by atoms with Crippen molar-refractivity contribution in [2.45, 2.75) is 52.3 Å². The van der Waals surface area contributed by atoms with Crippen molar-refractivity contribution in [2.75, 3.05) is 13.1 Å². The maximum absolute atomic E-state index is 13.0. The van der Waals surface area contributed by atoms with Crippen LogP contribution in [-0.2, 0) is 20.6 Å². The van der Waals surface area contributed by atoms with Crippen LogP contribution in [0.3, 0.4) is 0 Å². The Morgan fingerprint density at radius 3 is 2.45 bits per heavy atom. The molecule has 0 spiro atoms. The van der Waals surface area contributed by atoms with E-state index in [0.717, 1.165) is 11.1 Å². The van der Waals surface area contributed by atoms with Gasteiger partial charge in [0, 0.05) is 18.1 Å². The highest BCUT2D eigenvalue weighted by Gasteiger charge is 2.33. The molecule has 0 aliphatic carbocycles. The highest BCUT2D eigenvalue weighted by Crippen LogP contribution is 2.25. The molecule has 1 amide bonds. The first-order valence-electron chi connectivity index (χ1n) is 10.7. The van der Waals surface area contributed by atoms with Gasteiger partial charge in [-0.05, 0) is 80.5 Å². The van der Waals surface area contributed by atoms with Crippen LogP contribution in [0.2, 0.25) is 5.02 Å². The molecule has 7 heteroatoms. The fourth-order valence-corrected chi connectivity index (χ4v) is 5.89. The van der Waals surface area contributed by atoms with E-state index in [4.69, 9.17) is 11.6 Å². The number of aryl methyl sites for hydroxylation is 3. The number of carbonyl (C=O) groups is 1. The number of piperidine rings is 1. The number of halogens is 1. The maximum Gasteiger partial charge on any atom is 0.224 e. The number of rotatable bonds is 6. The van der Waals surface area contributed by atoms with Crippen molar-refractivity contribution in [1.29, 1.82) is 0 Å². The van der Waals surface area contributed by atoms with Crippen LogP contribution in [0.5, 0.6) is 0 Å². The Bertz CT molecular complexity index is 1050. The molecule has 0 saturated carbocycles. The Kier molecular flexibility index (Phi) is 7.45. The van der Waals surface area contributed by atoms with Crippen LogP contribution < -0.4 is 5.32 Å². The van der Waals surface area contributed by atoms with Crippen molar-refractivity contribution >= 4 is 27.5 Å². The lowest BCUT2D eigenvalue weighted by atomic mass is 9.95. The Balaban J connectivity index is 1.66. The summed E-state index contributed by atoms with van der Waals surface area (Å²) < 4.78 is 27.3. The summed E-state index contributed by atoms with van der Waals surface area (Å²) in [5.41, 5.74) is 5.36. The lowest BCUT2D eigenvalue weighted by Gasteiger charge is -2.32. The summed E-state index contributed by atoms with van der Waals surface area (Å²) in [4.78, 5) is 13.0. The number of amides is 1. The first-order valence-corrected chi connectivity index (χ1v) is 12.7. The summed E-state index contributed by atoms with van der Waals surface area (Å²) in [7, 11) is -3.50. The molecule has 2 atom stereocenters. The van der Waals surface area contributed by atoms with Crippen molar-refractivity contribution in [3.8, 4) is 0 Å². The van der Waals surface area contributed by atoms with E-state index in [1.807, 2.05) is 6.92 Å². The first-order chi connectivity index (χ1) is 14.6. The van der Waals surface area contributed by atoms with Gasteiger partial charge in [0.1, 0.15) is 0 Å². The van der Waals surface area contributed by atoms with Gasteiger partial charge in [-0.15, -0.1) is 0 Å². The number of hydrogen-bond donors (Lipinski definition) is 1. The minimum Gasteiger partial charge on any atom is -0.349 e. The molecular weight excluding hydrogens is 432 g/mol. The van der Waals surface area contributed by atoms with Crippen LogP contribution in [0.1, 0.15) is 53.6 Å². The topological polar surface area (TPSA) is 66.5 Å². The van der Waals surface area contributed by atoms with Crippen LogP contribution in [0.25, 0.3) is 0 Å². The van der Waals surface area contributed by atoms with Gasteiger partial charge < -0.3 is 5.32 Å².